The summed E-state index contributed by atoms with van der Waals surface area (Å²) in [5.74, 6) is -1.00. The lowest BCUT2D eigenvalue weighted by atomic mass is 10.00. The first-order valence-electron chi connectivity index (χ1n) is 9.21. The number of nitrogens with zero attached hydrogens (tertiary/aromatic N) is 3. The van der Waals surface area contributed by atoms with Crippen molar-refractivity contribution in [2.24, 2.45) is 0 Å². The van der Waals surface area contributed by atoms with Gasteiger partial charge in [-0.15, -0.1) is 0 Å². The van der Waals surface area contributed by atoms with Crippen molar-refractivity contribution in [3.63, 3.8) is 0 Å². The second-order valence-electron chi connectivity index (χ2n) is 7.05. The number of rotatable bonds is 4. The van der Waals surface area contributed by atoms with Crippen LogP contribution in [-0.2, 0) is 13.1 Å². The molecule has 2 heterocycles. The van der Waals surface area contributed by atoms with Gasteiger partial charge in [0, 0.05) is 59.8 Å². The lowest BCUT2D eigenvalue weighted by molar-refractivity contribution is -0.384. The van der Waals surface area contributed by atoms with E-state index in [0.29, 0.717) is 17.1 Å². The molecule has 0 spiro atoms. The Morgan fingerprint density at radius 2 is 1.97 bits per heavy atom. The molecule has 2 aromatic carbocycles. The van der Waals surface area contributed by atoms with Gasteiger partial charge in [0.05, 0.1) is 11.0 Å². The maximum absolute atomic E-state index is 14.3. The second-order valence-corrected chi connectivity index (χ2v) is 7.46. The van der Waals surface area contributed by atoms with Crippen LogP contribution in [0.3, 0.4) is 0 Å². The highest BCUT2D eigenvalue weighted by Crippen LogP contribution is 2.38. The van der Waals surface area contributed by atoms with Crippen LogP contribution in [0.25, 0.3) is 0 Å². The number of benzene rings is 2. The minimum absolute atomic E-state index is 0.0661. The van der Waals surface area contributed by atoms with Crippen molar-refractivity contribution in [1.82, 2.24) is 9.47 Å². The zero-order chi connectivity index (χ0) is 20.5. The number of hydrogen-bond acceptors (Lipinski definition) is 3. The molecule has 1 aliphatic rings. The van der Waals surface area contributed by atoms with E-state index in [1.54, 1.807) is 0 Å². The molecule has 1 aliphatic heterocycles. The summed E-state index contributed by atoms with van der Waals surface area (Å²) < 4.78 is 30.1. The van der Waals surface area contributed by atoms with Crippen LogP contribution in [0.5, 0.6) is 0 Å². The molecule has 0 fully saturated rings. The SMILES string of the molecule is O=[N+]([O-])c1ccc(Cl)c(C2c3cccn3CCCN2Cc2cc(F)ccc2F)c1. The van der Waals surface area contributed by atoms with Gasteiger partial charge in [-0.2, -0.15) is 0 Å². The standard InChI is InChI=1S/C21H18ClF2N3O2/c22-18-6-5-16(27(28)29)12-17(18)21-20-3-1-8-25(20)9-2-10-26(21)13-14-11-15(23)4-7-19(14)24/h1,3-8,11-12,21H,2,9-10,13H2. The second kappa shape index (κ2) is 7.93. The van der Waals surface area contributed by atoms with Crippen molar-refractivity contribution in [2.75, 3.05) is 6.54 Å². The predicted molar refractivity (Wildman–Crippen MR) is 106 cm³/mol. The molecule has 0 saturated heterocycles. The largest absolute Gasteiger partial charge is 0.350 e. The molecule has 0 amide bonds. The fourth-order valence-electron chi connectivity index (χ4n) is 3.90. The molecule has 3 aromatic rings. The molecule has 0 bridgehead atoms. The van der Waals surface area contributed by atoms with Crippen molar-refractivity contribution in [2.45, 2.75) is 25.6 Å². The van der Waals surface area contributed by atoms with Gasteiger partial charge in [0.2, 0.25) is 0 Å². The Labute approximate surface area is 171 Å². The van der Waals surface area contributed by atoms with E-state index in [9.17, 15) is 18.9 Å². The van der Waals surface area contributed by atoms with Crippen LogP contribution in [0.4, 0.5) is 14.5 Å². The molecule has 0 aliphatic carbocycles. The van der Waals surface area contributed by atoms with Crippen LogP contribution in [0.2, 0.25) is 5.02 Å². The number of fused-ring (bicyclic) bond motifs is 1. The van der Waals surface area contributed by atoms with Crippen LogP contribution in [0.15, 0.2) is 54.7 Å². The van der Waals surface area contributed by atoms with Crippen LogP contribution in [0.1, 0.15) is 29.3 Å². The fraction of sp³-hybridized carbons (Fsp3) is 0.238. The number of hydrogen-bond donors (Lipinski definition) is 0. The number of halogens is 3. The zero-order valence-corrected chi connectivity index (χ0v) is 16.1. The molecular formula is C21H18ClF2N3O2. The Morgan fingerprint density at radius 1 is 1.14 bits per heavy atom. The van der Waals surface area contributed by atoms with Gasteiger partial charge in [0.15, 0.2) is 0 Å². The highest BCUT2D eigenvalue weighted by molar-refractivity contribution is 6.31. The van der Waals surface area contributed by atoms with Crippen LogP contribution < -0.4 is 0 Å². The van der Waals surface area contributed by atoms with E-state index in [4.69, 9.17) is 11.6 Å². The topological polar surface area (TPSA) is 51.3 Å². The molecule has 29 heavy (non-hydrogen) atoms. The maximum Gasteiger partial charge on any atom is 0.269 e. The minimum atomic E-state index is -0.510. The van der Waals surface area contributed by atoms with Crippen molar-refractivity contribution >= 4 is 17.3 Å². The van der Waals surface area contributed by atoms with E-state index in [-0.39, 0.29) is 17.8 Å². The van der Waals surface area contributed by atoms with Crippen LogP contribution >= 0.6 is 11.6 Å². The Bertz CT molecular complexity index is 1070. The van der Waals surface area contributed by atoms with Crippen LogP contribution in [0, 0.1) is 21.7 Å². The Hall–Kier alpha value is -2.77. The average Bonchev–Trinajstić information content (AvgIpc) is 3.07. The molecule has 1 aromatic heterocycles. The molecule has 150 valence electrons. The first kappa shape index (κ1) is 19.5. The van der Waals surface area contributed by atoms with Gasteiger partial charge < -0.3 is 4.57 Å². The predicted octanol–water partition coefficient (Wildman–Crippen LogP) is 5.32. The average molecular weight is 418 g/mol. The molecule has 1 atom stereocenters. The number of non-ortho nitro benzene ring substituents is 1. The van der Waals surface area contributed by atoms with E-state index < -0.39 is 22.6 Å². The van der Waals surface area contributed by atoms with Gasteiger partial charge in [-0.25, -0.2) is 8.78 Å². The smallest absolute Gasteiger partial charge is 0.269 e. The summed E-state index contributed by atoms with van der Waals surface area (Å²) >= 11 is 6.45. The molecule has 0 radical (unpaired) electrons. The first-order valence-corrected chi connectivity index (χ1v) is 9.58. The lowest BCUT2D eigenvalue weighted by Gasteiger charge is -2.31. The molecule has 0 N–H and O–H groups in total. The Morgan fingerprint density at radius 3 is 2.76 bits per heavy atom. The zero-order valence-electron chi connectivity index (χ0n) is 15.4. The van der Waals surface area contributed by atoms with Gasteiger partial charge in [-0.1, -0.05) is 11.6 Å². The third kappa shape index (κ3) is 3.88. The minimum Gasteiger partial charge on any atom is -0.350 e. The van der Waals surface area contributed by atoms with E-state index >= 15 is 0 Å². The van der Waals surface area contributed by atoms with E-state index in [0.717, 1.165) is 30.8 Å². The van der Waals surface area contributed by atoms with Crippen molar-refractivity contribution in [3.8, 4) is 0 Å². The van der Waals surface area contributed by atoms with Crippen molar-refractivity contribution < 1.29 is 13.7 Å². The number of nitro groups is 1. The summed E-state index contributed by atoms with van der Waals surface area (Å²) in [6.07, 6.45) is 2.74. The quantitative estimate of drug-likeness (QED) is 0.426. The monoisotopic (exact) mass is 417 g/mol. The molecule has 4 rings (SSSR count). The number of aromatic nitrogens is 1. The summed E-state index contributed by atoms with van der Waals surface area (Å²) in [5.41, 5.74) is 1.64. The first-order chi connectivity index (χ1) is 13.9. The third-order valence-corrected chi connectivity index (χ3v) is 5.56. The number of aryl methyl sites for hydroxylation is 1. The van der Waals surface area contributed by atoms with Crippen LogP contribution in [-0.4, -0.2) is 20.9 Å². The molecule has 1 unspecified atom stereocenters. The van der Waals surface area contributed by atoms with E-state index in [1.165, 1.54) is 24.3 Å². The van der Waals surface area contributed by atoms with E-state index in [1.807, 2.05) is 23.2 Å². The summed E-state index contributed by atoms with van der Waals surface area (Å²) in [6, 6.07) is 11.1. The third-order valence-electron chi connectivity index (χ3n) is 5.22. The normalized spacial score (nSPS) is 17.0. The molecule has 8 heteroatoms. The summed E-state index contributed by atoms with van der Waals surface area (Å²) in [4.78, 5) is 12.8. The van der Waals surface area contributed by atoms with Crippen molar-refractivity contribution in [3.05, 3.63) is 98.3 Å². The van der Waals surface area contributed by atoms with Gasteiger partial charge in [-0.3, -0.25) is 15.0 Å². The summed E-state index contributed by atoms with van der Waals surface area (Å²) in [5, 5.41) is 11.7. The van der Waals surface area contributed by atoms with E-state index in [2.05, 4.69) is 4.57 Å². The van der Waals surface area contributed by atoms with Gasteiger partial charge in [-0.05, 0) is 42.8 Å². The Kier molecular flexibility index (Phi) is 5.34. The molecule has 0 saturated carbocycles. The Balaban J connectivity index is 1.83. The van der Waals surface area contributed by atoms with Gasteiger partial charge in [0.1, 0.15) is 11.6 Å². The van der Waals surface area contributed by atoms with Gasteiger partial charge in [0.25, 0.3) is 5.69 Å². The highest BCUT2D eigenvalue weighted by atomic mass is 35.5. The maximum atomic E-state index is 14.3. The molecule has 5 nitrogen and oxygen atoms in total. The number of nitro benzene ring substituents is 1. The van der Waals surface area contributed by atoms with Gasteiger partial charge >= 0.3 is 0 Å². The highest BCUT2D eigenvalue weighted by Gasteiger charge is 2.30. The lowest BCUT2D eigenvalue weighted by Crippen LogP contribution is -2.30. The summed E-state index contributed by atoms with van der Waals surface area (Å²) in [7, 11) is 0. The molecular weight excluding hydrogens is 400 g/mol. The fourth-order valence-corrected chi connectivity index (χ4v) is 4.12. The summed E-state index contributed by atoms with van der Waals surface area (Å²) in [6.45, 7) is 1.51. The van der Waals surface area contributed by atoms with Crippen molar-refractivity contribution in [1.29, 1.82) is 0 Å².